The first-order valence-corrected chi connectivity index (χ1v) is 10.1. The summed E-state index contributed by atoms with van der Waals surface area (Å²) in [5.41, 5.74) is -0.112. The van der Waals surface area contributed by atoms with Gasteiger partial charge in [0, 0.05) is 12.7 Å². The summed E-state index contributed by atoms with van der Waals surface area (Å²) in [6.07, 6.45) is -3.40. The highest BCUT2D eigenvalue weighted by atomic mass is 35.5. The van der Waals surface area contributed by atoms with E-state index in [1.165, 1.54) is 0 Å². The monoisotopic (exact) mass is 471 g/mol. The number of pyridine rings is 1. The molecule has 31 heavy (non-hydrogen) atoms. The second-order valence-corrected chi connectivity index (χ2v) is 7.77. The molecule has 0 saturated carbocycles. The van der Waals surface area contributed by atoms with Gasteiger partial charge in [-0.25, -0.2) is 24.5 Å². The number of alkyl halides is 3. The molecule has 3 heterocycles. The fourth-order valence-electron chi connectivity index (χ4n) is 2.92. The molecule has 0 spiro atoms. The van der Waals surface area contributed by atoms with Gasteiger partial charge in [0.2, 0.25) is 0 Å². The van der Waals surface area contributed by atoms with Crippen molar-refractivity contribution in [3.63, 3.8) is 0 Å². The summed E-state index contributed by atoms with van der Waals surface area (Å²) in [5, 5.41) is 0.511. The van der Waals surface area contributed by atoms with Crippen LogP contribution in [0, 0.1) is 0 Å². The molecule has 0 aliphatic rings. The smallest absolute Gasteiger partial charge is 0.319 e. The molecular weight excluding hydrogens is 459 g/mol. The summed E-state index contributed by atoms with van der Waals surface area (Å²) in [5.74, 6) is -0.836. The van der Waals surface area contributed by atoms with Gasteiger partial charge in [0.1, 0.15) is 5.03 Å². The van der Waals surface area contributed by atoms with Gasteiger partial charge in [-0.2, -0.15) is 17.9 Å². The number of nitrogens with one attached hydrogen (secondary N) is 1. The Kier molecular flexibility index (Phi) is 5.67. The standard InChI is InChI=1S/C18H13ClF3N5O3S/c19-11-8-10(18(20,21)22)9-23-14(11)31-16-24-12-4-1-2-5-13(12)26(16)6-3-7-27-15(28)25-17(29)30-27/h1-2,4-5,8-9H,3,6-7H2,(H,25,28,29). The van der Waals surface area contributed by atoms with Gasteiger partial charge in [-0.3, -0.25) is 0 Å². The lowest BCUT2D eigenvalue weighted by Crippen LogP contribution is -2.17. The largest absolute Gasteiger partial charge is 0.440 e. The highest BCUT2D eigenvalue weighted by Crippen LogP contribution is 2.37. The number of hydrogen-bond donors (Lipinski definition) is 1. The Balaban J connectivity index is 1.61. The van der Waals surface area contributed by atoms with Gasteiger partial charge in [-0.05, 0) is 36.4 Å². The summed E-state index contributed by atoms with van der Waals surface area (Å²) in [6, 6.07) is 8.11. The summed E-state index contributed by atoms with van der Waals surface area (Å²) in [4.78, 5) is 33.1. The molecule has 3 aromatic heterocycles. The summed E-state index contributed by atoms with van der Waals surface area (Å²) < 4.78 is 46.1. The number of fused-ring (bicyclic) bond motifs is 1. The van der Waals surface area contributed by atoms with E-state index < -0.39 is 23.2 Å². The third-order valence-electron chi connectivity index (χ3n) is 4.31. The van der Waals surface area contributed by atoms with Gasteiger partial charge < -0.3 is 9.09 Å². The Labute approximate surface area is 180 Å². The van der Waals surface area contributed by atoms with E-state index in [-0.39, 0.29) is 16.6 Å². The average Bonchev–Trinajstić information content (AvgIpc) is 3.21. The van der Waals surface area contributed by atoms with Crippen molar-refractivity contribution in [3.8, 4) is 0 Å². The summed E-state index contributed by atoms with van der Waals surface area (Å²) in [7, 11) is 0. The van der Waals surface area contributed by atoms with E-state index in [1.54, 1.807) is 6.07 Å². The molecule has 0 atom stereocenters. The van der Waals surface area contributed by atoms with Crippen LogP contribution in [-0.2, 0) is 19.3 Å². The predicted molar refractivity (Wildman–Crippen MR) is 106 cm³/mol. The Morgan fingerprint density at radius 2 is 1.97 bits per heavy atom. The molecule has 162 valence electrons. The zero-order valence-electron chi connectivity index (χ0n) is 15.5. The zero-order valence-corrected chi connectivity index (χ0v) is 17.1. The number of H-pyrrole nitrogens is 1. The van der Waals surface area contributed by atoms with Crippen molar-refractivity contribution in [1.82, 2.24) is 24.3 Å². The highest BCUT2D eigenvalue weighted by molar-refractivity contribution is 7.99. The van der Waals surface area contributed by atoms with E-state index in [2.05, 4.69) is 9.97 Å². The lowest BCUT2D eigenvalue weighted by atomic mass is 10.3. The number of para-hydroxylation sites is 2. The molecule has 0 radical (unpaired) electrons. The molecule has 0 fully saturated rings. The van der Waals surface area contributed by atoms with Crippen LogP contribution in [0.5, 0.6) is 0 Å². The number of rotatable bonds is 6. The van der Waals surface area contributed by atoms with Crippen LogP contribution in [0.4, 0.5) is 13.2 Å². The molecule has 8 nitrogen and oxygen atoms in total. The first kappa shape index (κ1) is 21.2. The maximum atomic E-state index is 12.9. The number of imidazole rings is 1. The van der Waals surface area contributed by atoms with E-state index in [0.29, 0.717) is 23.6 Å². The molecule has 13 heteroatoms. The SMILES string of the molecule is O=c1[nH]c(=O)n(CCCn2c(Sc3ncc(C(F)(F)F)cc3Cl)nc3ccccc32)o1. The lowest BCUT2D eigenvalue weighted by molar-refractivity contribution is -0.137. The van der Waals surface area contributed by atoms with Crippen molar-refractivity contribution in [2.75, 3.05) is 0 Å². The minimum atomic E-state index is -4.54. The number of aryl methyl sites for hydroxylation is 2. The van der Waals surface area contributed by atoms with Crippen LogP contribution in [0.1, 0.15) is 12.0 Å². The van der Waals surface area contributed by atoms with Crippen molar-refractivity contribution in [2.24, 2.45) is 0 Å². The van der Waals surface area contributed by atoms with Crippen molar-refractivity contribution in [3.05, 3.63) is 68.1 Å². The van der Waals surface area contributed by atoms with Crippen LogP contribution in [0.2, 0.25) is 5.02 Å². The van der Waals surface area contributed by atoms with Gasteiger partial charge in [0.25, 0.3) is 0 Å². The third kappa shape index (κ3) is 4.54. The number of benzene rings is 1. The van der Waals surface area contributed by atoms with Crippen LogP contribution < -0.4 is 11.4 Å². The molecule has 0 bridgehead atoms. The fourth-order valence-corrected chi connectivity index (χ4v) is 4.08. The minimum absolute atomic E-state index is 0.140. The normalized spacial score (nSPS) is 12.0. The minimum Gasteiger partial charge on any atom is -0.319 e. The van der Waals surface area contributed by atoms with Gasteiger partial charge in [-0.15, -0.1) is 0 Å². The second-order valence-electron chi connectivity index (χ2n) is 6.41. The van der Waals surface area contributed by atoms with Crippen LogP contribution in [-0.4, -0.2) is 24.3 Å². The van der Waals surface area contributed by atoms with Crippen LogP contribution in [0.25, 0.3) is 11.0 Å². The zero-order chi connectivity index (χ0) is 22.2. The molecule has 0 amide bonds. The predicted octanol–water partition coefficient (Wildman–Crippen LogP) is 3.79. The van der Waals surface area contributed by atoms with Gasteiger partial charge in [0.05, 0.1) is 28.2 Å². The first-order valence-electron chi connectivity index (χ1n) is 8.88. The number of hydrogen-bond acceptors (Lipinski definition) is 6. The Hall–Kier alpha value is -2.99. The molecule has 4 rings (SSSR count). The van der Waals surface area contributed by atoms with Crippen LogP contribution in [0.15, 0.2) is 60.8 Å². The summed E-state index contributed by atoms with van der Waals surface area (Å²) in [6.45, 7) is 0.538. The van der Waals surface area contributed by atoms with Crippen molar-refractivity contribution < 1.29 is 17.7 Å². The number of aromatic amines is 1. The molecular formula is C18H13ClF3N5O3S. The number of aromatic nitrogens is 5. The number of nitrogens with zero attached hydrogens (tertiary/aromatic N) is 4. The van der Waals surface area contributed by atoms with E-state index in [9.17, 15) is 22.8 Å². The molecule has 4 aromatic rings. The fraction of sp³-hybridized carbons (Fsp3) is 0.222. The Bertz CT molecular complexity index is 1360. The van der Waals surface area contributed by atoms with Crippen LogP contribution >= 0.6 is 23.4 Å². The second kappa shape index (κ2) is 8.27. The lowest BCUT2D eigenvalue weighted by Gasteiger charge is -2.10. The third-order valence-corrected chi connectivity index (χ3v) is 5.73. The average molecular weight is 472 g/mol. The summed E-state index contributed by atoms with van der Waals surface area (Å²) >= 11 is 7.07. The van der Waals surface area contributed by atoms with E-state index in [0.717, 1.165) is 34.3 Å². The molecule has 0 aliphatic carbocycles. The highest BCUT2D eigenvalue weighted by Gasteiger charge is 2.31. The molecule has 0 saturated heterocycles. The maximum absolute atomic E-state index is 12.9. The van der Waals surface area contributed by atoms with Crippen molar-refractivity contribution >= 4 is 34.4 Å². The quantitative estimate of drug-likeness (QED) is 0.459. The van der Waals surface area contributed by atoms with Crippen molar-refractivity contribution in [1.29, 1.82) is 0 Å². The van der Waals surface area contributed by atoms with Gasteiger partial charge >= 0.3 is 17.6 Å². The Morgan fingerprint density at radius 3 is 2.65 bits per heavy atom. The van der Waals surface area contributed by atoms with E-state index >= 15 is 0 Å². The topological polar surface area (TPSA) is 98.7 Å². The molecule has 1 N–H and O–H groups in total. The number of halogens is 4. The molecule has 0 unspecified atom stereocenters. The van der Waals surface area contributed by atoms with Gasteiger partial charge in [0.15, 0.2) is 5.16 Å². The van der Waals surface area contributed by atoms with E-state index in [1.807, 2.05) is 27.8 Å². The molecule has 0 aliphatic heterocycles. The van der Waals surface area contributed by atoms with Crippen LogP contribution in [0.3, 0.4) is 0 Å². The maximum Gasteiger partial charge on any atom is 0.440 e. The first-order chi connectivity index (χ1) is 14.7. The van der Waals surface area contributed by atoms with Crippen molar-refractivity contribution in [2.45, 2.75) is 35.9 Å². The molecule has 1 aromatic carbocycles. The van der Waals surface area contributed by atoms with E-state index in [4.69, 9.17) is 16.1 Å². The Morgan fingerprint density at radius 1 is 1.19 bits per heavy atom. The van der Waals surface area contributed by atoms with Gasteiger partial charge in [-0.1, -0.05) is 23.7 Å².